The first kappa shape index (κ1) is 13.5. The number of nitro groups is 1. The van der Waals surface area contributed by atoms with Gasteiger partial charge in [-0.05, 0) is 36.0 Å². The van der Waals surface area contributed by atoms with Crippen LogP contribution >= 0.6 is 0 Å². The number of aliphatic hydroxyl groups is 2. The molecular formula is C10H15N3O4. The molecule has 3 N–H and O–H groups in total. The summed E-state index contributed by atoms with van der Waals surface area (Å²) in [4.78, 5) is 13.3. The number of nitrogens with zero attached hydrogens (tertiary/aromatic N) is 2. The molecule has 1 aromatic heterocycles. The average molecular weight is 241 g/mol. The molecular weight excluding hydrogens is 226 g/mol. The summed E-state index contributed by atoms with van der Waals surface area (Å²) in [5.41, 5.74) is 0.360. The van der Waals surface area contributed by atoms with E-state index in [1.54, 1.807) is 7.05 Å². The number of pyridine rings is 1. The highest BCUT2D eigenvalue weighted by molar-refractivity contribution is 5.24. The second-order valence-corrected chi connectivity index (χ2v) is 3.61. The van der Waals surface area contributed by atoms with Crippen molar-refractivity contribution >= 4 is 5.82 Å². The van der Waals surface area contributed by atoms with E-state index in [-0.39, 0.29) is 5.82 Å². The Hall–Kier alpha value is -1.57. The van der Waals surface area contributed by atoms with Gasteiger partial charge in [0.15, 0.2) is 0 Å². The van der Waals surface area contributed by atoms with Gasteiger partial charge in [0.25, 0.3) is 0 Å². The average Bonchev–Trinajstić information content (AvgIpc) is 2.35. The zero-order chi connectivity index (χ0) is 12.8. The van der Waals surface area contributed by atoms with Crippen molar-refractivity contribution in [1.82, 2.24) is 10.3 Å². The van der Waals surface area contributed by atoms with Crippen LogP contribution in [0.1, 0.15) is 18.1 Å². The highest BCUT2D eigenvalue weighted by atomic mass is 16.6. The minimum Gasteiger partial charge on any atom is -0.390 e. The van der Waals surface area contributed by atoms with E-state index in [1.165, 1.54) is 18.3 Å². The molecule has 0 fully saturated rings. The number of aliphatic hydroxyl groups excluding tert-OH is 2. The van der Waals surface area contributed by atoms with Crippen LogP contribution in [0.15, 0.2) is 18.3 Å². The molecule has 7 heteroatoms. The van der Waals surface area contributed by atoms with E-state index in [0.717, 1.165) is 0 Å². The first-order valence-corrected chi connectivity index (χ1v) is 5.17. The lowest BCUT2D eigenvalue weighted by Crippen LogP contribution is -2.23. The molecule has 0 amide bonds. The number of aromatic nitrogens is 1. The van der Waals surface area contributed by atoms with Crippen LogP contribution in [0.5, 0.6) is 0 Å². The van der Waals surface area contributed by atoms with E-state index in [0.29, 0.717) is 18.5 Å². The van der Waals surface area contributed by atoms with Crippen LogP contribution in [0, 0.1) is 10.1 Å². The van der Waals surface area contributed by atoms with Crippen molar-refractivity contribution in [1.29, 1.82) is 0 Å². The van der Waals surface area contributed by atoms with Crippen LogP contribution in [-0.2, 0) is 0 Å². The standard InChI is InChI=1S/C10H15N3O4/c1-11-5-4-8(14)10(15)7-2-3-9(12-6-7)13(16)17/h2-3,6,8,10-11,14-15H,4-5H2,1H3. The molecule has 0 aliphatic heterocycles. The number of nitrogens with one attached hydrogen (secondary N) is 1. The third-order valence-electron chi connectivity index (χ3n) is 2.35. The van der Waals surface area contributed by atoms with Crippen LogP contribution in [0.4, 0.5) is 5.82 Å². The Kier molecular flexibility index (Phi) is 4.95. The second-order valence-electron chi connectivity index (χ2n) is 3.61. The van der Waals surface area contributed by atoms with Crippen LogP contribution < -0.4 is 5.32 Å². The third kappa shape index (κ3) is 3.74. The molecule has 2 unspecified atom stereocenters. The van der Waals surface area contributed by atoms with Gasteiger partial charge in [-0.3, -0.25) is 0 Å². The fourth-order valence-electron chi connectivity index (χ4n) is 1.35. The Labute approximate surface area is 98.3 Å². The van der Waals surface area contributed by atoms with Crippen molar-refractivity contribution in [3.05, 3.63) is 34.0 Å². The quantitative estimate of drug-likeness (QED) is 0.477. The molecule has 94 valence electrons. The monoisotopic (exact) mass is 241 g/mol. The smallest absolute Gasteiger partial charge is 0.363 e. The Morgan fingerprint density at radius 1 is 1.53 bits per heavy atom. The zero-order valence-corrected chi connectivity index (χ0v) is 9.41. The van der Waals surface area contributed by atoms with Crippen molar-refractivity contribution in [2.75, 3.05) is 13.6 Å². The van der Waals surface area contributed by atoms with Crippen molar-refractivity contribution in [2.24, 2.45) is 0 Å². The highest BCUT2D eigenvalue weighted by Gasteiger charge is 2.20. The molecule has 1 aromatic rings. The molecule has 17 heavy (non-hydrogen) atoms. The summed E-state index contributed by atoms with van der Waals surface area (Å²) in [6.07, 6.45) is -0.428. The van der Waals surface area contributed by atoms with Gasteiger partial charge < -0.3 is 25.6 Å². The van der Waals surface area contributed by atoms with Gasteiger partial charge in [-0.2, -0.15) is 0 Å². The Morgan fingerprint density at radius 2 is 2.24 bits per heavy atom. The SMILES string of the molecule is CNCCC(O)C(O)c1ccc([N+](=O)[O-])nc1. The lowest BCUT2D eigenvalue weighted by molar-refractivity contribution is -0.389. The predicted octanol–water partition coefficient (Wildman–Crippen LogP) is -0.00640. The molecule has 0 spiro atoms. The fraction of sp³-hybridized carbons (Fsp3) is 0.500. The summed E-state index contributed by atoms with van der Waals surface area (Å²) in [5.74, 6) is -0.286. The van der Waals surface area contributed by atoms with Crippen LogP contribution in [0.25, 0.3) is 0 Å². The van der Waals surface area contributed by atoms with E-state index in [9.17, 15) is 20.3 Å². The number of rotatable bonds is 6. The van der Waals surface area contributed by atoms with E-state index < -0.39 is 17.1 Å². The van der Waals surface area contributed by atoms with Gasteiger partial charge in [0.05, 0.1) is 6.10 Å². The van der Waals surface area contributed by atoms with Gasteiger partial charge >= 0.3 is 5.82 Å². The normalized spacial score (nSPS) is 14.3. The van der Waals surface area contributed by atoms with Gasteiger partial charge in [-0.15, -0.1) is 0 Å². The van der Waals surface area contributed by atoms with Crippen molar-refractivity contribution in [2.45, 2.75) is 18.6 Å². The first-order valence-electron chi connectivity index (χ1n) is 5.17. The maximum Gasteiger partial charge on any atom is 0.363 e. The summed E-state index contributed by atoms with van der Waals surface area (Å²) in [6.45, 7) is 0.568. The lowest BCUT2D eigenvalue weighted by Gasteiger charge is -2.16. The van der Waals surface area contributed by atoms with E-state index in [4.69, 9.17) is 0 Å². The van der Waals surface area contributed by atoms with Gasteiger partial charge in [-0.25, -0.2) is 0 Å². The molecule has 2 atom stereocenters. The van der Waals surface area contributed by atoms with E-state index >= 15 is 0 Å². The molecule has 1 rings (SSSR count). The highest BCUT2D eigenvalue weighted by Crippen LogP contribution is 2.19. The van der Waals surface area contributed by atoms with Crippen LogP contribution in [0.2, 0.25) is 0 Å². The van der Waals surface area contributed by atoms with Crippen molar-refractivity contribution in [3.63, 3.8) is 0 Å². The first-order chi connectivity index (χ1) is 8.06. The molecule has 0 saturated carbocycles. The molecule has 0 aliphatic carbocycles. The lowest BCUT2D eigenvalue weighted by atomic mass is 10.0. The molecule has 0 aromatic carbocycles. The summed E-state index contributed by atoms with van der Waals surface area (Å²) >= 11 is 0. The van der Waals surface area contributed by atoms with Gasteiger partial charge in [0.1, 0.15) is 12.3 Å². The van der Waals surface area contributed by atoms with Crippen LogP contribution in [0.3, 0.4) is 0 Å². The van der Waals surface area contributed by atoms with Gasteiger partial charge in [0, 0.05) is 11.6 Å². The molecule has 0 bridgehead atoms. The maximum absolute atomic E-state index is 10.4. The summed E-state index contributed by atoms with van der Waals surface area (Å²) in [5, 5.41) is 32.6. The summed E-state index contributed by atoms with van der Waals surface area (Å²) < 4.78 is 0. The predicted molar refractivity (Wildman–Crippen MR) is 60.4 cm³/mol. The molecule has 1 heterocycles. The maximum atomic E-state index is 10.4. The molecule has 0 aliphatic rings. The third-order valence-corrected chi connectivity index (χ3v) is 2.35. The van der Waals surface area contributed by atoms with Crippen LogP contribution in [-0.4, -0.2) is 39.8 Å². The summed E-state index contributed by atoms with van der Waals surface area (Å²) in [6, 6.07) is 2.59. The van der Waals surface area contributed by atoms with Crippen molar-refractivity contribution in [3.8, 4) is 0 Å². The van der Waals surface area contributed by atoms with Gasteiger partial charge in [0.2, 0.25) is 0 Å². The topological polar surface area (TPSA) is 109 Å². The minimum atomic E-state index is -1.09. The Bertz CT molecular complexity index is 368. The zero-order valence-electron chi connectivity index (χ0n) is 9.41. The largest absolute Gasteiger partial charge is 0.390 e. The van der Waals surface area contributed by atoms with E-state index in [1.807, 2.05) is 0 Å². The number of hydrogen-bond donors (Lipinski definition) is 3. The molecule has 0 saturated heterocycles. The Morgan fingerprint density at radius 3 is 2.71 bits per heavy atom. The number of hydrogen-bond acceptors (Lipinski definition) is 6. The Balaban J connectivity index is 2.68. The second kappa shape index (κ2) is 6.24. The minimum absolute atomic E-state index is 0.286. The fourth-order valence-corrected chi connectivity index (χ4v) is 1.35. The van der Waals surface area contributed by atoms with Crippen molar-refractivity contribution < 1.29 is 15.1 Å². The van der Waals surface area contributed by atoms with Gasteiger partial charge in [-0.1, -0.05) is 0 Å². The summed E-state index contributed by atoms with van der Waals surface area (Å²) in [7, 11) is 1.74. The molecule has 7 nitrogen and oxygen atoms in total. The van der Waals surface area contributed by atoms with E-state index in [2.05, 4.69) is 10.3 Å². The molecule has 0 radical (unpaired) electrons.